The van der Waals surface area contributed by atoms with Gasteiger partial charge in [-0.1, -0.05) is 12.8 Å². The molecule has 0 spiro atoms. The van der Waals surface area contributed by atoms with E-state index in [1.807, 2.05) is 0 Å². The lowest BCUT2D eigenvalue weighted by molar-refractivity contribution is 0.110. The Bertz CT molecular complexity index is 188. The predicted octanol–water partition coefficient (Wildman–Crippen LogP) is 3.69. The number of hydrogen-bond acceptors (Lipinski definition) is 1. The Kier molecular flexibility index (Phi) is 3.39. The summed E-state index contributed by atoms with van der Waals surface area (Å²) in [5.74, 6) is 1.99. The van der Waals surface area contributed by atoms with Crippen molar-refractivity contribution in [3.05, 3.63) is 0 Å². The van der Waals surface area contributed by atoms with Crippen molar-refractivity contribution in [3.63, 3.8) is 0 Å². The lowest BCUT2D eigenvalue weighted by atomic mass is 9.87. The van der Waals surface area contributed by atoms with Crippen LogP contribution >= 0.6 is 0 Å². The molecule has 2 aliphatic rings. The lowest BCUT2D eigenvalue weighted by Gasteiger charge is -2.37. The van der Waals surface area contributed by atoms with Gasteiger partial charge in [0.2, 0.25) is 0 Å². The summed E-state index contributed by atoms with van der Waals surface area (Å²) >= 11 is 0. The Morgan fingerprint density at radius 3 is 1.67 bits per heavy atom. The summed E-state index contributed by atoms with van der Waals surface area (Å²) in [4.78, 5) is 2.75. The van der Waals surface area contributed by atoms with Crippen molar-refractivity contribution in [3.8, 4) is 0 Å². The molecule has 0 amide bonds. The van der Waals surface area contributed by atoms with E-state index in [1.54, 1.807) is 0 Å². The molecule has 2 bridgehead atoms. The third-order valence-corrected chi connectivity index (χ3v) is 4.36. The molecule has 1 nitrogen and oxygen atoms in total. The van der Waals surface area contributed by atoms with Crippen molar-refractivity contribution in [1.29, 1.82) is 0 Å². The van der Waals surface area contributed by atoms with E-state index in [0.29, 0.717) is 5.54 Å². The average molecular weight is 209 g/mol. The normalized spacial score (nSPS) is 34.6. The average Bonchev–Trinajstić information content (AvgIpc) is 2.23. The van der Waals surface area contributed by atoms with Crippen LogP contribution in [0.5, 0.6) is 0 Å². The van der Waals surface area contributed by atoms with Gasteiger partial charge in [-0.3, -0.25) is 4.90 Å². The topological polar surface area (TPSA) is 3.24 Å². The van der Waals surface area contributed by atoms with Crippen LogP contribution in [0.2, 0.25) is 0 Å². The highest BCUT2D eigenvalue weighted by atomic mass is 15.2. The standard InChI is InChI=1S/C14H27N/c1-14(2,3)15-10-12-6-4-5-7-13(11-15)9-8-12/h12-13H,4-11H2,1-3H3. The zero-order valence-corrected chi connectivity index (χ0v) is 10.8. The van der Waals surface area contributed by atoms with Crippen molar-refractivity contribution in [1.82, 2.24) is 4.90 Å². The second-order valence-electron chi connectivity index (χ2n) is 6.67. The van der Waals surface area contributed by atoms with Gasteiger partial charge in [-0.05, 0) is 58.3 Å². The third kappa shape index (κ3) is 2.96. The second kappa shape index (κ2) is 4.45. The maximum Gasteiger partial charge on any atom is 0.0125 e. The van der Waals surface area contributed by atoms with E-state index in [-0.39, 0.29) is 0 Å². The molecule has 2 atom stereocenters. The highest BCUT2D eigenvalue weighted by Gasteiger charge is 2.31. The van der Waals surface area contributed by atoms with E-state index in [0.717, 1.165) is 11.8 Å². The Balaban J connectivity index is 2.09. The molecular formula is C14H27N. The van der Waals surface area contributed by atoms with Crippen LogP contribution in [-0.2, 0) is 0 Å². The van der Waals surface area contributed by atoms with Gasteiger partial charge in [0.15, 0.2) is 0 Å². The lowest BCUT2D eigenvalue weighted by Crippen LogP contribution is -2.44. The second-order valence-corrected chi connectivity index (χ2v) is 6.67. The molecule has 88 valence electrons. The highest BCUT2D eigenvalue weighted by molar-refractivity contribution is 4.85. The Hall–Kier alpha value is -0.0400. The van der Waals surface area contributed by atoms with Gasteiger partial charge in [-0.25, -0.2) is 0 Å². The van der Waals surface area contributed by atoms with Crippen molar-refractivity contribution in [2.45, 2.75) is 64.8 Å². The van der Waals surface area contributed by atoms with Gasteiger partial charge in [0, 0.05) is 18.6 Å². The third-order valence-electron chi connectivity index (χ3n) is 4.36. The van der Waals surface area contributed by atoms with Crippen LogP contribution in [0, 0.1) is 11.8 Å². The number of likely N-dealkylation sites (tertiary alicyclic amines) is 1. The van der Waals surface area contributed by atoms with E-state index in [9.17, 15) is 0 Å². The van der Waals surface area contributed by atoms with Gasteiger partial charge < -0.3 is 0 Å². The maximum absolute atomic E-state index is 2.75. The van der Waals surface area contributed by atoms with Gasteiger partial charge >= 0.3 is 0 Å². The Morgan fingerprint density at radius 2 is 1.27 bits per heavy atom. The zero-order valence-electron chi connectivity index (χ0n) is 10.8. The van der Waals surface area contributed by atoms with Gasteiger partial charge in [-0.15, -0.1) is 0 Å². The fourth-order valence-corrected chi connectivity index (χ4v) is 3.24. The summed E-state index contributed by atoms with van der Waals surface area (Å²) in [6.45, 7) is 9.86. The SMILES string of the molecule is CC(C)(C)N1CC2CCCCC(CC2)C1. The molecule has 1 aliphatic carbocycles. The number of hydrogen-bond donors (Lipinski definition) is 0. The van der Waals surface area contributed by atoms with Crippen LogP contribution in [-0.4, -0.2) is 23.5 Å². The smallest absolute Gasteiger partial charge is 0.0125 e. The maximum atomic E-state index is 2.75. The quantitative estimate of drug-likeness (QED) is 0.588. The molecule has 0 N–H and O–H groups in total. The molecule has 2 rings (SSSR count). The monoisotopic (exact) mass is 209 g/mol. The molecule has 1 heteroatoms. The van der Waals surface area contributed by atoms with Gasteiger partial charge in [0.1, 0.15) is 0 Å². The highest BCUT2D eigenvalue weighted by Crippen LogP contribution is 2.33. The molecule has 0 aromatic carbocycles. The minimum atomic E-state index is 0.380. The minimum absolute atomic E-state index is 0.380. The predicted molar refractivity (Wildman–Crippen MR) is 66.0 cm³/mol. The molecule has 0 aromatic rings. The van der Waals surface area contributed by atoms with Gasteiger partial charge in [0.05, 0.1) is 0 Å². The summed E-state index contributed by atoms with van der Waals surface area (Å²) in [5, 5.41) is 0. The van der Waals surface area contributed by atoms with Crippen LogP contribution < -0.4 is 0 Å². The number of rotatable bonds is 0. The van der Waals surface area contributed by atoms with E-state index < -0.39 is 0 Å². The first kappa shape index (κ1) is 11.4. The van der Waals surface area contributed by atoms with E-state index in [2.05, 4.69) is 25.7 Å². The fourth-order valence-electron chi connectivity index (χ4n) is 3.24. The molecule has 0 radical (unpaired) electrons. The molecule has 2 fully saturated rings. The molecule has 0 aromatic heterocycles. The van der Waals surface area contributed by atoms with Crippen LogP contribution in [0.15, 0.2) is 0 Å². The van der Waals surface area contributed by atoms with Gasteiger partial charge in [0.25, 0.3) is 0 Å². The zero-order chi connectivity index (χ0) is 10.9. The van der Waals surface area contributed by atoms with Crippen molar-refractivity contribution in [2.24, 2.45) is 11.8 Å². The number of fused-ring (bicyclic) bond motifs is 3. The summed E-state index contributed by atoms with van der Waals surface area (Å²) in [6.07, 6.45) is 8.94. The van der Waals surface area contributed by atoms with E-state index in [4.69, 9.17) is 0 Å². The van der Waals surface area contributed by atoms with E-state index >= 15 is 0 Å². The Labute approximate surface area is 95.2 Å². The molecule has 1 heterocycles. The van der Waals surface area contributed by atoms with Crippen LogP contribution in [0.1, 0.15) is 59.3 Å². The molecule has 2 unspecified atom stereocenters. The first-order valence-electron chi connectivity index (χ1n) is 6.81. The summed E-state index contributed by atoms with van der Waals surface area (Å²) in [6, 6.07) is 0. The van der Waals surface area contributed by atoms with Crippen LogP contribution in [0.25, 0.3) is 0 Å². The Morgan fingerprint density at radius 1 is 0.800 bits per heavy atom. The summed E-state index contributed by atoms with van der Waals surface area (Å²) in [7, 11) is 0. The minimum Gasteiger partial charge on any atom is -0.298 e. The largest absolute Gasteiger partial charge is 0.298 e. The van der Waals surface area contributed by atoms with Crippen molar-refractivity contribution in [2.75, 3.05) is 13.1 Å². The van der Waals surface area contributed by atoms with Gasteiger partial charge in [-0.2, -0.15) is 0 Å². The van der Waals surface area contributed by atoms with Crippen molar-refractivity contribution < 1.29 is 0 Å². The molecule has 1 saturated carbocycles. The fraction of sp³-hybridized carbons (Fsp3) is 1.00. The molecule has 1 saturated heterocycles. The summed E-state index contributed by atoms with van der Waals surface area (Å²) < 4.78 is 0. The first-order chi connectivity index (χ1) is 7.05. The molecular weight excluding hydrogens is 182 g/mol. The van der Waals surface area contributed by atoms with Crippen molar-refractivity contribution >= 4 is 0 Å². The number of nitrogens with zero attached hydrogens (tertiary/aromatic N) is 1. The van der Waals surface area contributed by atoms with E-state index in [1.165, 1.54) is 51.6 Å². The van der Waals surface area contributed by atoms with Crippen LogP contribution in [0.3, 0.4) is 0 Å². The first-order valence-corrected chi connectivity index (χ1v) is 6.81. The summed E-state index contributed by atoms with van der Waals surface area (Å²) in [5.41, 5.74) is 0.380. The van der Waals surface area contributed by atoms with Crippen LogP contribution in [0.4, 0.5) is 0 Å². The molecule has 15 heavy (non-hydrogen) atoms. The molecule has 1 aliphatic heterocycles.